The molecule has 0 saturated heterocycles. The number of amides is 1. The molecule has 98 valence electrons. The number of carbonyl (C=O) groups excluding carboxylic acids is 1. The van der Waals surface area contributed by atoms with Gasteiger partial charge in [-0.2, -0.15) is 5.10 Å². The number of aromatic nitrogens is 2. The molecule has 0 unspecified atom stereocenters. The molecule has 1 amide bonds. The smallest absolute Gasteiger partial charge is 0.276 e. The molecule has 6 heteroatoms. The average Bonchev–Trinajstić information content (AvgIpc) is 2.42. The van der Waals surface area contributed by atoms with Crippen LogP contribution in [0.5, 0.6) is 5.75 Å². The number of hydrogen-bond acceptors (Lipinski definition) is 4. The molecule has 6 nitrogen and oxygen atoms in total. The topological polar surface area (TPSA) is 73.2 Å². The Labute approximate surface area is 109 Å². The van der Waals surface area contributed by atoms with Crippen molar-refractivity contribution in [2.24, 2.45) is 7.05 Å². The maximum atomic E-state index is 11.9. The summed E-state index contributed by atoms with van der Waals surface area (Å²) < 4.78 is 6.14. The van der Waals surface area contributed by atoms with E-state index in [1.54, 1.807) is 31.4 Å². The number of methoxy groups -OCH3 is 1. The lowest BCUT2D eigenvalue weighted by molar-refractivity contribution is 0.102. The van der Waals surface area contributed by atoms with Crippen LogP contribution in [0.1, 0.15) is 10.5 Å². The van der Waals surface area contributed by atoms with Crippen LogP contribution in [-0.2, 0) is 7.05 Å². The van der Waals surface area contributed by atoms with Crippen molar-refractivity contribution < 1.29 is 9.53 Å². The van der Waals surface area contributed by atoms with Gasteiger partial charge in [0.2, 0.25) is 0 Å². The maximum Gasteiger partial charge on any atom is 0.276 e. The van der Waals surface area contributed by atoms with Crippen molar-refractivity contribution in [1.29, 1.82) is 0 Å². The molecule has 0 aliphatic carbocycles. The van der Waals surface area contributed by atoms with Gasteiger partial charge in [-0.3, -0.25) is 9.59 Å². The number of carbonyl (C=O) groups is 1. The Morgan fingerprint density at radius 2 is 1.89 bits per heavy atom. The number of anilines is 1. The normalized spacial score (nSPS) is 10.0. The largest absolute Gasteiger partial charge is 0.497 e. The van der Waals surface area contributed by atoms with E-state index in [1.807, 2.05) is 0 Å². The molecule has 1 heterocycles. The third-order valence-corrected chi connectivity index (χ3v) is 2.54. The maximum absolute atomic E-state index is 11.9. The highest BCUT2D eigenvalue weighted by Crippen LogP contribution is 2.15. The minimum atomic E-state index is -0.374. The van der Waals surface area contributed by atoms with E-state index in [-0.39, 0.29) is 17.2 Å². The predicted octanol–water partition coefficient (Wildman–Crippen LogP) is 1.04. The minimum absolute atomic E-state index is 0.179. The number of rotatable bonds is 3. The molecular formula is C13H13N3O3. The first kappa shape index (κ1) is 12.8. The molecule has 1 aromatic heterocycles. The summed E-state index contributed by atoms with van der Waals surface area (Å²) in [5.41, 5.74) is 0.542. The quantitative estimate of drug-likeness (QED) is 0.893. The van der Waals surface area contributed by atoms with Crippen molar-refractivity contribution in [1.82, 2.24) is 9.78 Å². The zero-order valence-corrected chi connectivity index (χ0v) is 10.6. The lowest BCUT2D eigenvalue weighted by Gasteiger charge is -2.06. The predicted molar refractivity (Wildman–Crippen MR) is 70.4 cm³/mol. The highest BCUT2D eigenvalue weighted by Gasteiger charge is 2.08. The standard InChI is InChI=1S/C13H13N3O3/c1-16-12(17)8-7-11(15-16)13(18)14-9-3-5-10(19-2)6-4-9/h3-8H,1-2H3,(H,14,18). The van der Waals surface area contributed by atoms with Gasteiger partial charge in [-0.1, -0.05) is 0 Å². The van der Waals surface area contributed by atoms with E-state index in [2.05, 4.69) is 10.4 Å². The van der Waals surface area contributed by atoms with Crippen LogP contribution in [0, 0.1) is 0 Å². The third kappa shape index (κ3) is 2.98. The van der Waals surface area contributed by atoms with Gasteiger partial charge in [0, 0.05) is 18.8 Å². The second-order valence-corrected chi connectivity index (χ2v) is 3.86. The number of ether oxygens (including phenoxy) is 1. The molecule has 1 N–H and O–H groups in total. The van der Waals surface area contributed by atoms with Crippen LogP contribution in [0.4, 0.5) is 5.69 Å². The van der Waals surface area contributed by atoms with Crippen LogP contribution < -0.4 is 15.6 Å². The second-order valence-electron chi connectivity index (χ2n) is 3.86. The molecule has 0 fully saturated rings. The zero-order chi connectivity index (χ0) is 13.8. The highest BCUT2D eigenvalue weighted by atomic mass is 16.5. The Balaban J connectivity index is 2.15. The molecule has 0 aliphatic rings. The fourth-order valence-electron chi connectivity index (χ4n) is 1.49. The number of benzene rings is 1. The summed E-state index contributed by atoms with van der Waals surface area (Å²) in [6.45, 7) is 0. The van der Waals surface area contributed by atoms with Crippen molar-refractivity contribution >= 4 is 11.6 Å². The van der Waals surface area contributed by atoms with Gasteiger partial charge in [0.1, 0.15) is 11.4 Å². The van der Waals surface area contributed by atoms with Crippen molar-refractivity contribution in [3.05, 3.63) is 52.4 Å². The molecule has 1 aromatic carbocycles. The first-order chi connectivity index (χ1) is 9.10. The van der Waals surface area contributed by atoms with E-state index in [0.717, 1.165) is 4.68 Å². The van der Waals surface area contributed by atoms with Gasteiger partial charge in [-0.25, -0.2) is 4.68 Å². The molecular weight excluding hydrogens is 246 g/mol. The van der Waals surface area contributed by atoms with Gasteiger partial charge >= 0.3 is 0 Å². The highest BCUT2D eigenvalue weighted by molar-refractivity contribution is 6.02. The van der Waals surface area contributed by atoms with Crippen molar-refractivity contribution in [3.63, 3.8) is 0 Å². The molecule has 0 bridgehead atoms. The van der Waals surface area contributed by atoms with Crippen LogP contribution in [0.25, 0.3) is 0 Å². The average molecular weight is 259 g/mol. The summed E-state index contributed by atoms with van der Waals surface area (Å²) in [7, 11) is 3.06. The Hall–Kier alpha value is -2.63. The summed E-state index contributed by atoms with van der Waals surface area (Å²) in [5.74, 6) is 0.332. The molecule has 0 spiro atoms. The Morgan fingerprint density at radius 3 is 2.47 bits per heavy atom. The van der Waals surface area contributed by atoms with E-state index in [1.165, 1.54) is 19.2 Å². The van der Waals surface area contributed by atoms with Gasteiger partial charge in [-0.15, -0.1) is 0 Å². The molecule has 2 aromatic rings. The van der Waals surface area contributed by atoms with Gasteiger partial charge in [-0.05, 0) is 30.3 Å². The van der Waals surface area contributed by atoms with Gasteiger partial charge in [0.15, 0.2) is 0 Å². The lowest BCUT2D eigenvalue weighted by Crippen LogP contribution is -2.23. The summed E-state index contributed by atoms with van der Waals surface area (Å²) in [5, 5.41) is 6.55. The molecule has 19 heavy (non-hydrogen) atoms. The molecule has 2 rings (SSSR count). The molecule has 0 atom stereocenters. The number of hydrogen-bond donors (Lipinski definition) is 1. The fourth-order valence-corrected chi connectivity index (χ4v) is 1.49. The monoisotopic (exact) mass is 259 g/mol. The van der Waals surface area contributed by atoms with E-state index < -0.39 is 0 Å². The Kier molecular flexibility index (Phi) is 3.61. The first-order valence-corrected chi connectivity index (χ1v) is 5.60. The lowest BCUT2D eigenvalue weighted by atomic mass is 10.3. The van der Waals surface area contributed by atoms with Crippen LogP contribution in [0.2, 0.25) is 0 Å². The SMILES string of the molecule is COc1ccc(NC(=O)c2ccc(=O)n(C)n2)cc1. The summed E-state index contributed by atoms with van der Waals surface area (Å²) in [6, 6.07) is 9.61. The van der Waals surface area contributed by atoms with E-state index in [9.17, 15) is 9.59 Å². The van der Waals surface area contributed by atoms with E-state index in [0.29, 0.717) is 11.4 Å². The third-order valence-electron chi connectivity index (χ3n) is 2.54. The molecule has 0 aliphatic heterocycles. The van der Waals surface area contributed by atoms with Gasteiger partial charge in [0.25, 0.3) is 11.5 Å². The van der Waals surface area contributed by atoms with Crippen LogP contribution in [0.3, 0.4) is 0 Å². The van der Waals surface area contributed by atoms with Crippen LogP contribution in [-0.4, -0.2) is 22.8 Å². The second kappa shape index (κ2) is 5.34. The zero-order valence-electron chi connectivity index (χ0n) is 10.6. The number of nitrogens with zero attached hydrogens (tertiary/aromatic N) is 2. The fraction of sp³-hybridized carbons (Fsp3) is 0.154. The molecule has 0 saturated carbocycles. The van der Waals surface area contributed by atoms with Crippen molar-refractivity contribution in [2.45, 2.75) is 0 Å². The number of nitrogens with one attached hydrogen (secondary N) is 1. The summed E-state index contributed by atoms with van der Waals surface area (Å²) in [4.78, 5) is 23.1. The van der Waals surface area contributed by atoms with Gasteiger partial charge in [0.05, 0.1) is 7.11 Å². The van der Waals surface area contributed by atoms with Crippen LogP contribution in [0.15, 0.2) is 41.2 Å². The minimum Gasteiger partial charge on any atom is -0.497 e. The first-order valence-electron chi connectivity index (χ1n) is 5.60. The number of aryl methyl sites for hydroxylation is 1. The van der Waals surface area contributed by atoms with Crippen molar-refractivity contribution in [3.8, 4) is 5.75 Å². The van der Waals surface area contributed by atoms with Crippen molar-refractivity contribution in [2.75, 3.05) is 12.4 Å². The van der Waals surface area contributed by atoms with Gasteiger partial charge < -0.3 is 10.1 Å². The Bertz CT molecular complexity index is 647. The molecule has 0 radical (unpaired) electrons. The van der Waals surface area contributed by atoms with E-state index in [4.69, 9.17) is 4.74 Å². The summed E-state index contributed by atoms with van der Waals surface area (Å²) >= 11 is 0. The Morgan fingerprint density at radius 1 is 1.21 bits per heavy atom. The van der Waals surface area contributed by atoms with E-state index >= 15 is 0 Å². The summed E-state index contributed by atoms with van der Waals surface area (Å²) in [6.07, 6.45) is 0. The van der Waals surface area contributed by atoms with Crippen LogP contribution >= 0.6 is 0 Å².